The molecule has 1 amide bonds. The van der Waals surface area contributed by atoms with E-state index in [0.29, 0.717) is 30.2 Å². The number of hydrogen-bond donors (Lipinski definition) is 1. The standard InChI is InChI=1S/C8H14N2O/c1-2-10-4-6-5(3-9)7(6)8(10)11/h5-7H,2-4,9H2,1H3. The number of nitrogens with two attached hydrogens (primary N) is 1. The van der Waals surface area contributed by atoms with Crippen molar-refractivity contribution in [2.75, 3.05) is 19.6 Å². The smallest absolute Gasteiger partial charge is 0.226 e. The normalized spacial score (nSPS) is 41.1. The Morgan fingerprint density at radius 1 is 1.73 bits per heavy atom. The lowest BCUT2D eigenvalue weighted by molar-refractivity contribution is -0.130. The maximum Gasteiger partial charge on any atom is 0.226 e. The molecule has 1 aliphatic carbocycles. The summed E-state index contributed by atoms with van der Waals surface area (Å²) < 4.78 is 0. The van der Waals surface area contributed by atoms with Crippen LogP contribution in [0.5, 0.6) is 0 Å². The van der Waals surface area contributed by atoms with Crippen molar-refractivity contribution < 1.29 is 4.79 Å². The van der Waals surface area contributed by atoms with Crippen molar-refractivity contribution in [3.8, 4) is 0 Å². The molecule has 2 fully saturated rings. The van der Waals surface area contributed by atoms with Crippen LogP contribution in [0.1, 0.15) is 6.92 Å². The maximum atomic E-state index is 11.4. The summed E-state index contributed by atoms with van der Waals surface area (Å²) in [6.07, 6.45) is 0. The Morgan fingerprint density at radius 2 is 2.45 bits per heavy atom. The van der Waals surface area contributed by atoms with Gasteiger partial charge in [0, 0.05) is 19.0 Å². The van der Waals surface area contributed by atoms with E-state index in [0.717, 1.165) is 13.1 Å². The highest BCUT2D eigenvalue weighted by atomic mass is 16.2. The molecule has 3 atom stereocenters. The molecule has 0 aromatic carbocycles. The topological polar surface area (TPSA) is 46.3 Å². The Labute approximate surface area is 66.5 Å². The minimum Gasteiger partial charge on any atom is -0.342 e. The highest BCUT2D eigenvalue weighted by molar-refractivity contribution is 5.85. The van der Waals surface area contributed by atoms with Crippen molar-refractivity contribution in [3.05, 3.63) is 0 Å². The summed E-state index contributed by atoms with van der Waals surface area (Å²) in [5, 5.41) is 0. The Bertz CT molecular complexity index is 193. The third-order valence-corrected chi connectivity index (χ3v) is 3.01. The number of piperidine rings is 1. The predicted molar refractivity (Wildman–Crippen MR) is 41.8 cm³/mol. The van der Waals surface area contributed by atoms with Crippen LogP contribution in [-0.4, -0.2) is 30.4 Å². The van der Waals surface area contributed by atoms with Gasteiger partial charge in [-0.15, -0.1) is 0 Å². The van der Waals surface area contributed by atoms with Gasteiger partial charge in [-0.05, 0) is 25.3 Å². The molecule has 3 nitrogen and oxygen atoms in total. The van der Waals surface area contributed by atoms with E-state index >= 15 is 0 Å². The van der Waals surface area contributed by atoms with Crippen LogP contribution in [0.15, 0.2) is 0 Å². The van der Waals surface area contributed by atoms with Gasteiger partial charge >= 0.3 is 0 Å². The number of amides is 1. The van der Waals surface area contributed by atoms with Crippen molar-refractivity contribution in [3.63, 3.8) is 0 Å². The van der Waals surface area contributed by atoms with Gasteiger partial charge in [0.1, 0.15) is 0 Å². The summed E-state index contributed by atoms with van der Waals surface area (Å²) in [4.78, 5) is 13.3. The Balaban J connectivity index is 2.01. The monoisotopic (exact) mass is 154 g/mol. The zero-order valence-electron chi connectivity index (χ0n) is 6.79. The second-order valence-corrected chi connectivity index (χ2v) is 3.47. The number of rotatable bonds is 2. The molecule has 0 spiro atoms. The molecular weight excluding hydrogens is 140 g/mol. The van der Waals surface area contributed by atoms with Crippen LogP contribution in [0.25, 0.3) is 0 Å². The highest BCUT2D eigenvalue weighted by Crippen LogP contribution is 2.51. The lowest BCUT2D eigenvalue weighted by Gasteiger charge is -2.16. The molecule has 0 bridgehead atoms. The number of nitrogens with zero attached hydrogens (tertiary/aromatic N) is 1. The van der Waals surface area contributed by atoms with E-state index in [9.17, 15) is 4.79 Å². The van der Waals surface area contributed by atoms with Gasteiger partial charge < -0.3 is 10.6 Å². The molecular formula is C8H14N2O. The first-order chi connectivity index (χ1) is 5.29. The zero-order valence-corrected chi connectivity index (χ0v) is 6.79. The van der Waals surface area contributed by atoms with Gasteiger partial charge in [-0.25, -0.2) is 0 Å². The summed E-state index contributed by atoms with van der Waals surface area (Å²) in [6.45, 7) is 4.55. The number of fused-ring (bicyclic) bond motifs is 1. The van der Waals surface area contributed by atoms with Gasteiger partial charge in [-0.2, -0.15) is 0 Å². The predicted octanol–water partition coefficient (Wildman–Crippen LogP) is -0.331. The molecule has 3 unspecified atom stereocenters. The van der Waals surface area contributed by atoms with E-state index in [-0.39, 0.29) is 0 Å². The molecule has 0 radical (unpaired) electrons. The fourth-order valence-corrected chi connectivity index (χ4v) is 2.22. The minimum atomic E-state index is 0.306. The largest absolute Gasteiger partial charge is 0.342 e. The highest BCUT2D eigenvalue weighted by Gasteiger charge is 2.60. The summed E-state index contributed by atoms with van der Waals surface area (Å²) in [5.74, 6) is 1.77. The average Bonchev–Trinajstić information content (AvgIpc) is 2.63. The Kier molecular flexibility index (Phi) is 1.42. The number of carbonyl (C=O) groups excluding carboxylic acids is 1. The van der Waals surface area contributed by atoms with E-state index in [1.54, 1.807) is 0 Å². The van der Waals surface area contributed by atoms with Crippen LogP contribution < -0.4 is 5.73 Å². The fourth-order valence-electron chi connectivity index (χ4n) is 2.22. The van der Waals surface area contributed by atoms with Gasteiger partial charge in [-0.1, -0.05) is 0 Å². The Morgan fingerprint density at radius 3 is 2.82 bits per heavy atom. The molecule has 2 rings (SSSR count). The van der Waals surface area contributed by atoms with E-state index in [1.165, 1.54) is 0 Å². The number of carbonyl (C=O) groups is 1. The lowest BCUT2D eigenvalue weighted by Crippen LogP contribution is -2.30. The van der Waals surface area contributed by atoms with Crippen LogP contribution in [0.2, 0.25) is 0 Å². The fraction of sp³-hybridized carbons (Fsp3) is 0.875. The molecule has 2 aliphatic rings. The van der Waals surface area contributed by atoms with Crippen LogP contribution >= 0.6 is 0 Å². The van der Waals surface area contributed by atoms with Crippen LogP contribution in [0, 0.1) is 17.8 Å². The van der Waals surface area contributed by atoms with Crippen molar-refractivity contribution >= 4 is 5.91 Å². The van der Waals surface area contributed by atoms with Crippen molar-refractivity contribution in [2.45, 2.75) is 6.92 Å². The third kappa shape index (κ3) is 0.805. The number of hydrogen-bond acceptors (Lipinski definition) is 2. The van der Waals surface area contributed by atoms with Crippen molar-refractivity contribution in [1.29, 1.82) is 0 Å². The van der Waals surface area contributed by atoms with Crippen LogP contribution in [0.4, 0.5) is 0 Å². The quantitative estimate of drug-likeness (QED) is 0.592. The molecule has 1 saturated carbocycles. The molecule has 2 N–H and O–H groups in total. The van der Waals surface area contributed by atoms with Gasteiger partial charge in [-0.3, -0.25) is 4.79 Å². The molecule has 1 aliphatic heterocycles. The maximum absolute atomic E-state index is 11.4. The van der Waals surface area contributed by atoms with E-state index in [2.05, 4.69) is 0 Å². The van der Waals surface area contributed by atoms with Crippen LogP contribution in [-0.2, 0) is 4.79 Å². The minimum absolute atomic E-state index is 0.306. The zero-order chi connectivity index (χ0) is 8.01. The molecule has 1 saturated heterocycles. The van der Waals surface area contributed by atoms with Gasteiger partial charge in [0.15, 0.2) is 0 Å². The van der Waals surface area contributed by atoms with Gasteiger partial charge in [0.2, 0.25) is 5.91 Å². The summed E-state index contributed by atoms with van der Waals surface area (Å²) >= 11 is 0. The van der Waals surface area contributed by atoms with Crippen molar-refractivity contribution in [2.24, 2.45) is 23.5 Å². The first-order valence-corrected chi connectivity index (χ1v) is 4.28. The molecule has 0 aromatic rings. The van der Waals surface area contributed by atoms with Crippen LogP contribution in [0.3, 0.4) is 0 Å². The number of likely N-dealkylation sites (tertiary alicyclic amines) is 1. The van der Waals surface area contributed by atoms with E-state index in [4.69, 9.17) is 5.73 Å². The lowest BCUT2D eigenvalue weighted by atomic mass is 10.2. The molecule has 3 heteroatoms. The molecule has 0 aromatic heterocycles. The first-order valence-electron chi connectivity index (χ1n) is 4.28. The summed E-state index contributed by atoms with van der Waals surface area (Å²) in [5.41, 5.74) is 5.50. The average molecular weight is 154 g/mol. The second kappa shape index (κ2) is 2.21. The van der Waals surface area contributed by atoms with E-state index in [1.807, 2.05) is 11.8 Å². The summed E-state index contributed by atoms with van der Waals surface area (Å²) in [6, 6.07) is 0. The molecule has 1 heterocycles. The Hall–Kier alpha value is -0.570. The van der Waals surface area contributed by atoms with Gasteiger partial charge in [0.25, 0.3) is 0 Å². The van der Waals surface area contributed by atoms with E-state index < -0.39 is 0 Å². The summed E-state index contributed by atoms with van der Waals surface area (Å²) in [7, 11) is 0. The second-order valence-electron chi connectivity index (χ2n) is 3.47. The third-order valence-electron chi connectivity index (χ3n) is 3.01. The SMILES string of the molecule is CCN1CC2C(CN)C2C1=O. The molecule has 62 valence electrons. The van der Waals surface area contributed by atoms with Crippen molar-refractivity contribution in [1.82, 2.24) is 4.90 Å². The molecule has 11 heavy (non-hydrogen) atoms. The van der Waals surface area contributed by atoms with Gasteiger partial charge in [0.05, 0.1) is 0 Å². The first kappa shape index (κ1) is 7.10.